The Labute approximate surface area is 93.4 Å². The SMILES string of the molecule is Cn1c(CCN)ccc1-c1ccc(Cl)o1. The van der Waals surface area contributed by atoms with E-state index in [9.17, 15) is 0 Å². The van der Waals surface area contributed by atoms with Crippen LogP contribution in [0.15, 0.2) is 28.7 Å². The summed E-state index contributed by atoms with van der Waals surface area (Å²) in [7, 11) is 2.00. The summed E-state index contributed by atoms with van der Waals surface area (Å²) in [5.74, 6) is 0.783. The maximum absolute atomic E-state index is 5.73. The van der Waals surface area contributed by atoms with Gasteiger partial charge in [0.05, 0.1) is 5.69 Å². The molecule has 0 radical (unpaired) electrons. The Hall–Kier alpha value is -1.19. The van der Waals surface area contributed by atoms with E-state index in [0.717, 1.165) is 17.9 Å². The molecule has 15 heavy (non-hydrogen) atoms. The fraction of sp³-hybridized carbons (Fsp3) is 0.273. The third-order valence-corrected chi connectivity index (χ3v) is 2.66. The van der Waals surface area contributed by atoms with Crippen LogP contribution in [0.25, 0.3) is 11.5 Å². The van der Waals surface area contributed by atoms with Crippen LogP contribution in [-0.2, 0) is 13.5 Å². The van der Waals surface area contributed by atoms with Gasteiger partial charge >= 0.3 is 0 Å². The van der Waals surface area contributed by atoms with Gasteiger partial charge in [-0.05, 0) is 48.8 Å². The van der Waals surface area contributed by atoms with Crippen molar-refractivity contribution >= 4 is 11.6 Å². The molecule has 4 heteroatoms. The molecule has 0 fully saturated rings. The summed E-state index contributed by atoms with van der Waals surface area (Å²) in [4.78, 5) is 0. The molecule has 0 saturated carbocycles. The van der Waals surface area contributed by atoms with Crippen LogP contribution in [0.3, 0.4) is 0 Å². The molecule has 0 aromatic carbocycles. The molecule has 0 spiro atoms. The number of nitrogens with zero attached hydrogens (tertiary/aromatic N) is 1. The van der Waals surface area contributed by atoms with Crippen molar-refractivity contribution in [2.75, 3.05) is 6.54 Å². The summed E-state index contributed by atoms with van der Waals surface area (Å²) in [6.45, 7) is 0.649. The Bertz CT molecular complexity index is 459. The zero-order valence-electron chi connectivity index (χ0n) is 8.53. The monoisotopic (exact) mass is 224 g/mol. The smallest absolute Gasteiger partial charge is 0.194 e. The van der Waals surface area contributed by atoms with Gasteiger partial charge in [0.25, 0.3) is 0 Å². The van der Waals surface area contributed by atoms with E-state index in [2.05, 4.69) is 10.6 Å². The zero-order valence-corrected chi connectivity index (χ0v) is 9.29. The molecule has 2 aromatic heterocycles. The van der Waals surface area contributed by atoms with Crippen LogP contribution < -0.4 is 5.73 Å². The lowest BCUT2D eigenvalue weighted by Gasteiger charge is -2.04. The molecule has 80 valence electrons. The van der Waals surface area contributed by atoms with Crippen LogP contribution in [0.1, 0.15) is 5.69 Å². The van der Waals surface area contributed by atoms with Gasteiger partial charge in [-0.2, -0.15) is 0 Å². The van der Waals surface area contributed by atoms with Gasteiger partial charge in [0.2, 0.25) is 0 Å². The second-order valence-electron chi connectivity index (χ2n) is 3.41. The molecule has 3 nitrogen and oxygen atoms in total. The Balaban J connectivity index is 2.37. The van der Waals surface area contributed by atoms with Crippen molar-refractivity contribution in [2.45, 2.75) is 6.42 Å². The molecule has 2 N–H and O–H groups in total. The molecule has 2 aromatic rings. The molecule has 0 atom stereocenters. The molecule has 2 rings (SSSR count). The number of halogens is 1. The van der Waals surface area contributed by atoms with Crippen molar-refractivity contribution in [3.05, 3.63) is 35.2 Å². The van der Waals surface area contributed by atoms with Crippen molar-refractivity contribution in [1.82, 2.24) is 4.57 Å². The van der Waals surface area contributed by atoms with E-state index in [1.807, 2.05) is 19.2 Å². The van der Waals surface area contributed by atoms with Crippen molar-refractivity contribution in [1.29, 1.82) is 0 Å². The highest BCUT2D eigenvalue weighted by Crippen LogP contribution is 2.25. The first-order chi connectivity index (χ1) is 7.22. The van der Waals surface area contributed by atoms with Crippen LogP contribution in [0.4, 0.5) is 0 Å². The molecule has 0 aliphatic heterocycles. The average Bonchev–Trinajstić information content (AvgIpc) is 2.76. The van der Waals surface area contributed by atoms with Crippen molar-refractivity contribution in [3.63, 3.8) is 0 Å². The van der Waals surface area contributed by atoms with Gasteiger partial charge < -0.3 is 14.7 Å². The van der Waals surface area contributed by atoms with Crippen molar-refractivity contribution < 1.29 is 4.42 Å². The maximum Gasteiger partial charge on any atom is 0.194 e. The lowest BCUT2D eigenvalue weighted by Crippen LogP contribution is -2.06. The minimum absolute atomic E-state index is 0.409. The largest absolute Gasteiger partial charge is 0.443 e. The third-order valence-electron chi connectivity index (χ3n) is 2.45. The Morgan fingerprint density at radius 1 is 1.33 bits per heavy atom. The van der Waals surface area contributed by atoms with Gasteiger partial charge in [0.1, 0.15) is 0 Å². The Morgan fingerprint density at radius 2 is 2.13 bits per heavy atom. The Morgan fingerprint density at radius 3 is 2.73 bits per heavy atom. The number of hydrogen-bond acceptors (Lipinski definition) is 2. The molecule has 0 unspecified atom stereocenters. The molecular formula is C11H13ClN2O. The van der Waals surface area contributed by atoms with Gasteiger partial charge in [-0.1, -0.05) is 0 Å². The summed E-state index contributed by atoms with van der Waals surface area (Å²) in [5.41, 5.74) is 7.74. The molecule has 0 aliphatic rings. The topological polar surface area (TPSA) is 44.1 Å². The maximum atomic E-state index is 5.73. The number of aromatic nitrogens is 1. The number of furan rings is 1. The van der Waals surface area contributed by atoms with Crippen molar-refractivity contribution in [2.24, 2.45) is 12.8 Å². The molecule has 0 aliphatic carbocycles. The zero-order chi connectivity index (χ0) is 10.8. The lowest BCUT2D eigenvalue weighted by atomic mass is 10.3. The van der Waals surface area contributed by atoms with Crippen LogP contribution in [-0.4, -0.2) is 11.1 Å². The molecular weight excluding hydrogens is 212 g/mol. The molecule has 0 saturated heterocycles. The first-order valence-electron chi connectivity index (χ1n) is 4.82. The van der Waals surface area contributed by atoms with Gasteiger partial charge in [0, 0.05) is 12.7 Å². The molecule has 0 bridgehead atoms. The standard InChI is InChI=1S/C11H13ClN2O/c1-14-8(6-7-13)2-3-9(14)10-4-5-11(12)15-10/h2-5H,6-7,13H2,1H3. The summed E-state index contributed by atoms with van der Waals surface area (Å²) in [5, 5.41) is 0.409. The predicted octanol–water partition coefficient (Wildman–Crippen LogP) is 2.44. The number of hydrogen-bond donors (Lipinski definition) is 1. The van der Waals surface area contributed by atoms with E-state index in [-0.39, 0.29) is 0 Å². The first-order valence-corrected chi connectivity index (χ1v) is 5.20. The lowest BCUT2D eigenvalue weighted by molar-refractivity contribution is 0.577. The Kier molecular flexibility index (Phi) is 2.84. The van der Waals surface area contributed by atoms with Crippen molar-refractivity contribution in [3.8, 4) is 11.5 Å². The van der Waals surface area contributed by atoms with Crippen LogP contribution in [0.5, 0.6) is 0 Å². The highest BCUT2D eigenvalue weighted by molar-refractivity contribution is 6.28. The fourth-order valence-corrected chi connectivity index (χ4v) is 1.80. The van der Waals surface area contributed by atoms with E-state index in [4.69, 9.17) is 21.8 Å². The first kappa shape index (κ1) is 10.3. The second kappa shape index (κ2) is 4.13. The van der Waals surface area contributed by atoms with E-state index in [1.165, 1.54) is 5.69 Å². The van der Waals surface area contributed by atoms with Crippen LogP contribution in [0.2, 0.25) is 5.22 Å². The van der Waals surface area contributed by atoms with Gasteiger partial charge in [-0.3, -0.25) is 0 Å². The van der Waals surface area contributed by atoms with Gasteiger partial charge in [0.15, 0.2) is 11.0 Å². The third kappa shape index (κ3) is 1.94. The number of nitrogens with two attached hydrogens (primary N) is 1. The normalized spacial score (nSPS) is 10.9. The number of rotatable bonds is 3. The molecule has 2 heterocycles. The van der Waals surface area contributed by atoms with E-state index in [0.29, 0.717) is 11.8 Å². The van der Waals surface area contributed by atoms with E-state index < -0.39 is 0 Å². The van der Waals surface area contributed by atoms with E-state index in [1.54, 1.807) is 6.07 Å². The summed E-state index contributed by atoms with van der Waals surface area (Å²) in [6, 6.07) is 7.68. The van der Waals surface area contributed by atoms with Gasteiger partial charge in [-0.15, -0.1) is 0 Å². The predicted molar refractivity (Wildman–Crippen MR) is 60.9 cm³/mol. The summed E-state index contributed by atoms with van der Waals surface area (Å²) < 4.78 is 7.43. The summed E-state index contributed by atoms with van der Waals surface area (Å²) in [6.07, 6.45) is 0.866. The molecule has 0 amide bonds. The van der Waals surface area contributed by atoms with Crippen LogP contribution in [0, 0.1) is 0 Å². The minimum atomic E-state index is 0.409. The second-order valence-corrected chi connectivity index (χ2v) is 3.78. The van der Waals surface area contributed by atoms with Gasteiger partial charge in [-0.25, -0.2) is 0 Å². The van der Waals surface area contributed by atoms with Crippen LogP contribution >= 0.6 is 11.6 Å². The highest BCUT2D eigenvalue weighted by Gasteiger charge is 2.09. The quantitative estimate of drug-likeness (QED) is 0.871. The average molecular weight is 225 g/mol. The van der Waals surface area contributed by atoms with E-state index >= 15 is 0 Å². The highest BCUT2D eigenvalue weighted by atomic mass is 35.5. The summed E-state index contributed by atoms with van der Waals surface area (Å²) >= 11 is 5.73. The fourth-order valence-electron chi connectivity index (χ4n) is 1.65. The minimum Gasteiger partial charge on any atom is -0.443 e.